The molecular formula is C27H35ClN4OS2. The van der Waals surface area contributed by atoms with Crippen molar-refractivity contribution in [3.63, 3.8) is 0 Å². The third kappa shape index (κ3) is 8.23. The Bertz CT molecular complexity index is 1110. The Morgan fingerprint density at radius 3 is 2.09 bits per heavy atom. The Labute approximate surface area is 224 Å². The number of thiocarbonyl (C=S) groups is 1. The van der Waals surface area contributed by atoms with Gasteiger partial charge in [-0.3, -0.25) is 0 Å². The number of benzene rings is 2. The molecule has 0 aliphatic heterocycles. The summed E-state index contributed by atoms with van der Waals surface area (Å²) < 4.78 is 0. The number of rotatable bonds is 6. The zero-order valence-electron chi connectivity index (χ0n) is 21.1. The fourth-order valence-corrected chi connectivity index (χ4v) is 4.20. The number of aliphatic imine (C=N–C) groups is 1. The summed E-state index contributed by atoms with van der Waals surface area (Å²) in [5, 5.41) is 24.2. The van der Waals surface area contributed by atoms with Gasteiger partial charge in [-0.2, -0.15) is 0 Å². The minimum absolute atomic E-state index is 0. The molecule has 0 aliphatic carbocycles. The van der Waals surface area contributed by atoms with Crippen LogP contribution in [0.2, 0.25) is 0 Å². The van der Waals surface area contributed by atoms with Gasteiger partial charge in [-0.1, -0.05) is 53.7 Å². The lowest BCUT2D eigenvalue weighted by molar-refractivity contribution is 0.423. The van der Waals surface area contributed by atoms with Crippen molar-refractivity contribution in [1.29, 1.82) is 0 Å². The summed E-state index contributed by atoms with van der Waals surface area (Å²) in [5.41, 5.74) is 4.36. The predicted octanol–water partition coefficient (Wildman–Crippen LogP) is 7.73. The number of hydrogen-bond acceptors (Lipinski definition) is 4. The van der Waals surface area contributed by atoms with Crippen molar-refractivity contribution in [3.8, 4) is 5.75 Å². The number of nitrogens with one attached hydrogen (secondary N) is 3. The van der Waals surface area contributed by atoms with Gasteiger partial charge in [-0.05, 0) is 70.4 Å². The zero-order chi connectivity index (χ0) is 24.9. The molecule has 1 aromatic heterocycles. The van der Waals surface area contributed by atoms with E-state index in [1.807, 2.05) is 53.9 Å². The van der Waals surface area contributed by atoms with Crippen molar-refractivity contribution < 1.29 is 5.11 Å². The molecular weight excluding hydrogens is 496 g/mol. The highest BCUT2D eigenvalue weighted by molar-refractivity contribution is 7.80. The average molecular weight is 531 g/mol. The lowest BCUT2D eigenvalue weighted by Crippen LogP contribution is -2.28. The first kappa shape index (κ1) is 28.6. The third-order valence-electron chi connectivity index (χ3n) is 5.32. The number of halogens is 1. The number of phenolic OH excluding ortho intramolecular Hbond substituents is 1. The van der Waals surface area contributed by atoms with Gasteiger partial charge in [0.25, 0.3) is 0 Å². The van der Waals surface area contributed by atoms with E-state index in [9.17, 15) is 5.11 Å². The van der Waals surface area contributed by atoms with Gasteiger partial charge in [0, 0.05) is 29.0 Å². The number of thiophene rings is 1. The molecule has 0 spiro atoms. The van der Waals surface area contributed by atoms with Crippen LogP contribution < -0.4 is 16.0 Å². The first-order valence-corrected chi connectivity index (χ1v) is 12.6. The first-order chi connectivity index (χ1) is 15.9. The number of anilines is 2. The van der Waals surface area contributed by atoms with Gasteiger partial charge in [0.15, 0.2) is 5.11 Å². The van der Waals surface area contributed by atoms with Gasteiger partial charge in [0.05, 0.1) is 6.34 Å². The van der Waals surface area contributed by atoms with Crippen LogP contribution in [0.5, 0.6) is 5.75 Å². The predicted molar refractivity (Wildman–Crippen MR) is 158 cm³/mol. The highest BCUT2D eigenvalue weighted by Crippen LogP contribution is 2.41. The van der Waals surface area contributed by atoms with Crippen LogP contribution in [0.25, 0.3) is 0 Å². The summed E-state index contributed by atoms with van der Waals surface area (Å²) >= 11 is 7.15. The maximum Gasteiger partial charge on any atom is 0.171 e. The maximum absolute atomic E-state index is 10.9. The molecule has 0 aliphatic rings. The quantitative estimate of drug-likeness (QED) is 0.114. The monoisotopic (exact) mass is 530 g/mol. The van der Waals surface area contributed by atoms with Crippen molar-refractivity contribution in [2.24, 2.45) is 4.99 Å². The maximum atomic E-state index is 10.9. The normalized spacial score (nSPS) is 11.7. The van der Waals surface area contributed by atoms with Gasteiger partial charge in [0.2, 0.25) is 0 Å². The Balaban J connectivity index is 0.00000432. The molecule has 0 saturated carbocycles. The van der Waals surface area contributed by atoms with Crippen molar-refractivity contribution >= 4 is 63.8 Å². The Morgan fingerprint density at radius 2 is 1.57 bits per heavy atom. The summed E-state index contributed by atoms with van der Waals surface area (Å²) in [6.07, 6.45) is 1.70. The molecule has 3 rings (SSSR count). The molecule has 2 aromatic carbocycles. The van der Waals surface area contributed by atoms with Crippen molar-refractivity contribution in [1.82, 2.24) is 5.32 Å². The molecule has 8 heteroatoms. The van der Waals surface area contributed by atoms with Crippen LogP contribution >= 0.6 is 36.0 Å². The van der Waals surface area contributed by atoms with E-state index in [-0.39, 0.29) is 23.2 Å². The second-order valence-electron chi connectivity index (χ2n) is 10.3. The van der Waals surface area contributed by atoms with Gasteiger partial charge < -0.3 is 21.1 Å². The molecule has 0 amide bonds. The second kappa shape index (κ2) is 11.9. The fourth-order valence-electron chi connectivity index (χ4n) is 3.44. The lowest BCUT2D eigenvalue weighted by Gasteiger charge is -2.28. The molecule has 35 heavy (non-hydrogen) atoms. The second-order valence-corrected chi connectivity index (χ2v) is 11.6. The Kier molecular flexibility index (Phi) is 9.72. The van der Waals surface area contributed by atoms with Crippen molar-refractivity contribution in [2.75, 3.05) is 10.6 Å². The Morgan fingerprint density at radius 1 is 0.971 bits per heavy atom. The van der Waals surface area contributed by atoms with E-state index < -0.39 is 0 Å². The topological polar surface area (TPSA) is 68.7 Å². The number of phenols is 1. The highest BCUT2D eigenvalue weighted by atomic mass is 35.5. The molecule has 188 valence electrons. The molecule has 0 saturated heterocycles. The summed E-state index contributed by atoms with van der Waals surface area (Å²) in [7, 11) is 0. The molecule has 0 atom stereocenters. The minimum Gasteiger partial charge on any atom is -0.507 e. The minimum atomic E-state index is -0.193. The van der Waals surface area contributed by atoms with E-state index >= 15 is 0 Å². The molecule has 0 radical (unpaired) electrons. The van der Waals surface area contributed by atoms with Crippen LogP contribution in [-0.2, 0) is 17.4 Å². The first-order valence-electron chi connectivity index (χ1n) is 11.3. The molecule has 0 bridgehead atoms. The van der Waals surface area contributed by atoms with Crippen LogP contribution in [0.4, 0.5) is 16.4 Å². The van der Waals surface area contributed by atoms with Crippen LogP contribution in [0.1, 0.15) is 58.2 Å². The summed E-state index contributed by atoms with van der Waals surface area (Å²) in [4.78, 5) is 4.36. The molecule has 4 N–H and O–H groups in total. The molecule has 0 unspecified atom stereocenters. The molecule has 0 fully saturated rings. The fraction of sp³-hybridized carbons (Fsp3) is 0.333. The summed E-state index contributed by atoms with van der Waals surface area (Å²) in [5.74, 6) is 0.360. The van der Waals surface area contributed by atoms with Gasteiger partial charge >= 0.3 is 0 Å². The van der Waals surface area contributed by atoms with Gasteiger partial charge in [0.1, 0.15) is 10.8 Å². The standard InChI is InChI=1S/C27H34N4OS2.ClH/c1-26(2,3)21-14-20(15-22(24(21)32)27(4,5)6)31-25(33)28-16-18-9-11-19(12-10-18)29-17-30-23-8-7-13-34-23;/h7-15,17,32H,16H2,1-6H3,(H,29,30)(H2,28,31,33);1H. The average Bonchev–Trinajstić information content (AvgIpc) is 3.26. The molecule has 3 aromatic rings. The van der Waals surface area contributed by atoms with Crippen molar-refractivity contribution in [3.05, 3.63) is 70.6 Å². The van der Waals surface area contributed by atoms with Crippen LogP contribution in [0.15, 0.2) is 58.9 Å². The zero-order valence-corrected chi connectivity index (χ0v) is 23.5. The van der Waals surface area contributed by atoms with Gasteiger partial charge in [-0.25, -0.2) is 4.99 Å². The third-order valence-corrected chi connectivity index (χ3v) is 6.34. The molecule has 5 nitrogen and oxygen atoms in total. The molecule has 1 heterocycles. The van der Waals surface area contributed by atoms with Crippen LogP contribution in [-0.4, -0.2) is 16.6 Å². The van der Waals surface area contributed by atoms with Gasteiger partial charge in [-0.15, -0.1) is 23.7 Å². The largest absolute Gasteiger partial charge is 0.507 e. The highest BCUT2D eigenvalue weighted by Gasteiger charge is 2.26. The Hall–Kier alpha value is -2.61. The smallest absolute Gasteiger partial charge is 0.171 e. The lowest BCUT2D eigenvalue weighted by atomic mass is 9.79. The van der Waals surface area contributed by atoms with E-state index in [4.69, 9.17) is 12.2 Å². The van der Waals surface area contributed by atoms with E-state index in [1.165, 1.54) is 0 Å². The van der Waals surface area contributed by atoms with Crippen molar-refractivity contribution in [2.45, 2.75) is 58.9 Å². The summed E-state index contributed by atoms with van der Waals surface area (Å²) in [6, 6.07) is 16.0. The van der Waals surface area contributed by atoms with Crippen LogP contribution in [0, 0.1) is 0 Å². The van der Waals surface area contributed by atoms with E-state index in [2.05, 4.69) is 62.5 Å². The van der Waals surface area contributed by atoms with E-state index in [0.717, 1.165) is 33.1 Å². The SMILES string of the molecule is CC(C)(C)c1cc(NC(=S)NCc2ccc(N/C=N/c3cccs3)cc2)cc(C(C)(C)C)c1O.Cl. The number of hydrogen-bond donors (Lipinski definition) is 4. The summed E-state index contributed by atoms with van der Waals surface area (Å²) in [6.45, 7) is 13.2. The number of aromatic hydroxyl groups is 1. The van der Waals surface area contributed by atoms with E-state index in [0.29, 0.717) is 17.4 Å². The van der Waals surface area contributed by atoms with E-state index in [1.54, 1.807) is 17.7 Å². The van der Waals surface area contributed by atoms with Crippen LogP contribution in [0.3, 0.4) is 0 Å². The number of nitrogens with zero attached hydrogens (tertiary/aromatic N) is 1.